The van der Waals surface area contributed by atoms with Gasteiger partial charge >= 0.3 is 12.1 Å². The van der Waals surface area contributed by atoms with Gasteiger partial charge in [0.1, 0.15) is 53.4 Å². The number of nitrogen functional groups attached to an aromatic ring is 1. The summed E-state index contributed by atoms with van der Waals surface area (Å²) in [4.78, 5) is 44.2. The quantitative estimate of drug-likeness (QED) is 0.161. The van der Waals surface area contributed by atoms with Crippen molar-refractivity contribution < 1.29 is 37.7 Å². The van der Waals surface area contributed by atoms with E-state index >= 15 is 4.39 Å². The number of nitrogens with one attached hydrogen (secondary N) is 1. The smallest absolute Gasteiger partial charge is 0.412 e. The summed E-state index contributed by atoms with van der Waals surface area (Å²) in [6, 6.07) is 6.13. The van der Waals surface area contributed by atoms with E-state index in [1.54, 1.807) is 25.3 Å². The third-order valence-corrected chi connectivity index (χ3v) is 11.1. The fraction of sp³-hybridized carbons (Fsp3) is 0.487. The van der Waals surface area contributed by atoms with Crippen molar-refractivity contribution in [2.24, 2.45) is 0 Å². The number of alkyl halides is 1. The summed E-state index contributed by atoms with van der Waals surface area (Å²) in [6.45, 7) is 8.66. The number of nitrogens with zero attached hydrogens (tertiary/aromatic N) is 6. The standard InChI is InChI=1S/C37H41ClF2N8O4.C2H4O2/c1-4-42-36(49)52-23-13-25(27(21-8-9-21)26(38)14-23)30-29(40)31-28-33(46-35(45-31)51-18-37-10-6-12-47(37)16-22(39)15-37)48(19(2)17-50-34(28)44-30)20(3)24-7-5-11-43-32(24)41;1-2(3)4/h5,7,11,13-14,19-22H,4,6,8-10,12,15-18H2,1-3H3,(H2,41,43)(H,42,49);1H3,(H,3,4)/t19-,20?,22+,37-;/m0./s1. The highest BCUT2D eigenvalue weighted by atomic mass is 35.5. The van der Waals surface area contributed by atoms with Crippen LogP contribution in [0.25, 0.3) is 22.2 Å². The van der Waals surface area contributed by atoms with E-state index in [1.165, 1.54) is 0 Å². The second kappa shape index (κ2) is 15.8. The molecule has 2 saturated heterocycles. The van der Waals surface area contributed by atoms with Gasteiger partial charge in [-0.15, -0.1) is 0 Å². The molecule has 3 aromatic heterocycles. The molecule has 298 valence electrons. The lowest BCUT2D eigenvalue weighted by Gasteiger charge is -2.35. The van der Waals surface area contributed by atoms with Crippen LogP contribution >= 0.6 is 11.6 Å². The molecule has 3 aliphatic heterocycles. The first-order valence-corrected chi connectivity index (χ1v) is 19.2. The summed E-state index contributed by atoms with van der Waals surface area (Å²) >= 11 is 6.82. The van der Waals surface area contributed by atoms with Gasteiger partial charge in [-0.25, -0.2) is 23.5 Å². The van der Waals surface area contributed by atoms with E-state index in [-0.39, 0.29) is 65.5 Å². The van der Waals surface area contributed by atoms with Crippen molar-refractivity contribution >= 4 is 46.2 Å². The van der Waals surface area contributed by atoms with Gasteiger partial charge in [0.2, 0.25) is 5.88 Å². The Morgan fingerprint density at radius 2 is 2.02 bits per heavy atom. The SMILES string of the molecule is CC(=O)O.CCNC(=O)Oc1cc(Cl)c(C2CC2)c(-c2nc3c4c(nc(OC[C@@]56CCCN5C[C@H](F)C6)nc4c2F)N(C(C)c2cccnc2N)[C@@H](C)CO3)c1. The summed E-state index contributed by atoms with van der Waals surface area (Å²) in [5, 5.41) is 10.6. The van der Waals surface area contributed by atoms with Crippen LogP contribution < -0.4 is 30.2 Å². The lowest BCUT2D eigenvalue weighted by molar-refractivity contribution is -0.134. The third-order valence-electron chi connectivity index (χ3n) is 10.7. The van der Waals surface area contributed by atoms with Crippen molar-refractivity contribution in [3.63, 3.8) is 0 Å². The lowest BCUT2D eigenvalue weighted by Crippen LogP contribution is -2.43. The molecule has 4 aromatic rings. The molecule has 14 nitrogen and oxygen atoms in total. The van der Waals surface area contributed by atoms with Gasteiger partial charge in [0, 0.05) is 48.8 Å². The van der Waals surface area contributed by atoms with E-state index in [0.717, 1.165) is 44.7 Å². The minimum atomic E-state index is -0.945. The van der Waals surface area contributed by atoms with Crippen LogP contribution in [-0.2, 0) is 4.79 Å². The Labute approximate surface area is 327 Å². The van der Waals surface area contributed by atoms with Crippen molar-refractivity contribution in [2.75, 3.05) is 43.5 Å². The van der Waals surface area contributed by atoms with Crippen molar-refractivity contribution in [1.82, 2.24) is 30.2 Å². The van der Waals surface area contributed by atoms with E-state index < -0.39 is 29.6 Å². The van der Waals surface area contributed by atoms with E-state index in [1.807, 2.05) is 30.9 Å². The number of pyridine rings is 2. The first-order chi connectivity index (χ1) is 26.8. The van der Waals surface area contributed by atoms with Crippen LogP contribution in [0.4, 0.5) is 25.2 Å². The third kappa shape index (κ3) is 7.68. The molecule has 1 unspecified atom stereocenters. The van der Waals surface area contributed by atoms with Gasteiger partial charge in [0.25, 0.3) is 5.97 Å². The van der Waals surface area contributed by atoms with Crippen LogP contribution in [-0.4, -0.2) is 92.6 Å². The second-order valence-electron chi connectivity index (χ2n) is 14.8. The molecule has 0 bridgehead atoms. The van der Waals surface area contributed by atoms with Crippen LogP contribution in [0.2, 0.25) is 5.02 Å². The van der Waals surface area contributed by atoms with E-state index in [4.69, 9.17) is 51.4 Å². The van der Waals surface area contributed by atoms with Crippen LogP contribution in [0, 0.1) is 5.82 Å². The van der Waals surface area contributed by atoms with Crippen molar-refractivity contribution in [2.45, 2.75) is 89.5 Å². The molecular weight excluding hydrogens is 750 g/mol. The average Bonchev–Trinajstić information content (AvgIpc) is 3.85. The summed E-state index contributed by atoms with van der Waals surface area (Å²) in [7, 11) is 0. The van der Waals surface area contributed by atoms with Crippen molar-refractivity contribution in [3.8, 4) is 28.9 Å². The van der Waals surface area contributed by atoms with E-state index in [9.17, 15) is 9.18 Å². The molecule has 0 spiro atoms. The Morgan fingerprint density at radius 1 is 1.25 bits per heavy atom. The maximum absolute atomic E-state index is 17.4. The number of ether oxygens (including phenoxy) is 3. The number of carbonyl (C=O) groups excluding carboxylic acids is 1. The Balaban J connectivity index is 0.00000115. The number of nitrogens with two attached hydrogens (primary N) is 1. The molecule has 0 radical (unpaired) electrons. The number of carbonyl (C=O) groups is 2. The number of halogens is 3. The normalized spacial score (nSPS) is 22.0. The van der Waals surface area contributed by atoms with Crippen LogP contribution in [0.3, 0.4) is 0 Å². The Kier molecular flexibility index (Phi) is 11.1. The minimum Gasteiger partial charge on any atom is -0.481 e. The fourth-order valence-electron chi connectivity index (χ4n) is 8.19. The molecule has 4 N–H and O–H groups in total. The zero-order valence-electron chi connectivity index (χ0n) is 31.7. The molecule has 1 aromatic carbocycles. The summed E-state index contributed by atoms with van der Waals surface area (Å²) < 4.78 is 50.3. The Morgan fingerprint density at radius 3 is 2.73 bits per heavy atom. The number of hydrogen-bond acceptors (Lipinski definition) is 12. The summed E-state index contributed by atoms with van der Waals surface area (Å²) in [6.07, 6.45) is 3.83. The number of carboxylic acid groups (broad SMARTS) is 1. The molecule has 17 heteroatoms. The first-order valence-electron chi connectivity index (χ1n) is 18.8. The molecule has 8 rings (SSSR count). The average molecular weight is 795 g/mol. The Bertz CT molecular complexity index is 2160. The number of benzene rings is 1. The fourth-order valence-corrected chi connectivity index (χ4v) is 8.56. The van der Waals surface area contributed by atoms with Gasteiger partial charge in [-0.05, 0) is 82.7 Å². The Hall–Kier alpha value is -5.09. The predicted molar refractivity (Wildman–Crippen MR) is 206 cm³/mol. The largest absolute Gasteiger partial charge is 0.481 e. The molecule has 4 atom stereocenters. The number of amides is 1. The maximum Gasteiger partial charge on any atom is 0.412 e. The number of aliphatic carboxylic acids is 1. The second-order valence-corrected chi connectivity index (χ2v) is 15.2. The van der Waals surface area contributed by atoms with Crippen molar-refractivity contribution in [1.29, 1.82) is 0 Å². The van der Waals surface area contributed by atoms with Gasteiger partial charge in [0.05, 0.1) is 17.6 Å². The molecule has 1 saturated carbocycles. The molecule has 6 heterocycles. The van der Waals surface area contributed by atoms with Gasteiger partial charge in [-0.2, -0.15) is 9.97 Å². The first kappa shape index (κ1) is 39.2. The maximum atomic E-state index is 17.4. The van der Waals surface area contributed by atoms with E-state index in [0.29, 0.717) is 47.3 Å². The van der Waals surface area contributed by atoms with Gasteiger partial charge < -0.3 is 35.3 Å². The summed E-state index contributed by atoms with van der Waals surface area (Å²) in [5.74, 6) is -0.496. The number of fused-ring (bicyclic) bond motifs is 1. The van der Waals surface area contributed by atoms with Gasteiger partial charge in [-0.1, -0.05) is 17.7 Å². The number of carboxylic acids is 1. The van der Waals surface area contributed by atoms with Crippen LogP contribution in [0.15, 0.2) is 30.5 Å². The molecule has 56 heavy (non-hydrogen) atoms. The zero-order chi connectivity index (χ0) is 39.9. The van der Waals surface area contributed by atoms with E-state index in [2.05, 4.69) is 20.2 Å². The number of anilines is 2. The molecule has 1 aliphatic carbocycles. The van der Waals surface area contributed by atoms with Gasteiger partial charge in [-0.3, -0.25) is 9.69 Å². The molecule has 4 aliphatic rings. The highest BCUT2D eigenvalue weighted by molar-refractivity contribution is 6.32. The molecule has 1 amide bonds. The van der Waals surface area contributed by atoms with Crippen LogP contribution in [0.5, 0.6) is 17.6 Å². The lowest BCUT2D eigenvalue weighted by atomic mass is 9.95. The topological polar surface area (TPSA) is 178 Å². The van der Waals surface area contributed by atoms with Crippen LogP contribution in [0.1, 0.15) is 82.9 Å². The van der Waals surface area contributed by atoms with Crippen molar-refractivity contribution in [3.05, 3.63) is 52.4 Å². The number of aromatic nitrogens is 4. The molecule has 3 fully saturated rings. The summed E-state index contributed by atoms with van der Waals surface area (Å²) in [5.41, 5.74) is 7.60. The number of rotatable bonds is 9. The highest BCUT2D eigenvalue weighted by Crippen LogP contribution is 2.51. The highest BCUT2D eigenvalue weighted by Gasteiger charge is 2.49. The van der Waals surface area contributed by atoms with Gasteiger partial charge in [0.15, 0.2) is 5.82 Å². The minimum absolute atomic E-state index is 0.0488. The monoisotopic (exact) mass is 794 g/mol. The predicted octanol–water partition coefficient (Wildman–Crippen LogP) is 6.84. The number of hydrogen-bond donors (Lipinski definition) is 3. The zero-order valence-corrected chi connectivity index (χ0v) is 32.4. The molecular formula is C39H45ClF2N8O6.